The van der Waals surface area contributed by atoms with E-state index in [4.69, 9.17) is 0 Å². The number of carbonyl (C=O) groups is 1. The first-order chi connectivity index (χ1) is 12.3. The van der Waals surface area contributed by atoms with Crippen molar-refractivity contribution in [1.82, 2.24) is 19.9 Å². The summed E-state index contributed by atoms with van der Waals surface area (Å²) in [5, 5.41) is 4.08. The molecule has 0 saturated heterocycles. The van der Waals surface area contributed by atoms with Crippen LogP contribution in [0.5, 0.6) is 0 Å². The second-order valence-corrected chi connectivity index (χ2v) is 5.95. The van der Waals surface area contributed by atoms with Crippen LogP contribution in [0.4, 0.5) is 0 Å². The smallest absolute Gasteiger partial charge is 0.224 e. The lowest BCUT2D eigenvalue weighted by Crippen LogP contribution is -2.24. The highest BCUT2D eigenvalue weighted by Crippen LogP contribution is 2.18. The largest absolute Gasteiger partial charge is 0.361 e. The Morgan fingerprint density at radius 3 is 2.76 bits per heavy atom. The molecule has 4 rings (SSSR count). The number of amides is 1. The number of carbonyl (C=O) groups excluding carboxylic acids is 1. The molecule has 0 atom stereocenters. The maximum atomic E-state index is 12.2. The summed E-state index contributed by atoms with van der Waals surface area (Å²) >= 11 is 0. The number of fused-ring (bicyclic) bond motifs is 1. The van der Waals surface area contributed by atoms with Crippen LogP contribution in [-0.2, 0) is 17.8 Å². The van der Waals surface area contributed by atoms with Gasteiger partial charge in [0.25, 0.3) is 0 Å². The average Bonchev–Trinajstić information content (AvgIpc) is 3.31. The van der Waals surface area contributed by atoms with Crippen molar-refractivity contribution in [1.29, 1.82) is 0 Å². The van der Waals surface area contributed by atoms with Crippen molar-refractivity contribution in [2.45, 2.75) is 13.0 Å². The summed E-state index contributed by atoms with van der Waals surface area (Å²) in [6.45, 7) is 0.519. The fourth-order valence-corrected chi connectivity index (χ4v) is 2.91. The Morgan fingerprint density at radius 2 is 1.96 bits per heavy atom. The predicted molar refractivity (Wildman–Crippen MR) is 97.4 cm³/mol. The summed E-state index contributed by atoms with van der Waals surface area (Å²) in [5.74, 6) is 0.0171. The molecule has 2 aromatic carbocycles. The van der Waals surface area contributed by atoms with Crippen LogP contribution in [0.3, 0.4) is 0 Å². The predicted octanol–water partition coefficient (Wildman–Crippen LogP) is 3.21. The first-order valence-corrected chi connectivity index (χ1v) is 8.18. The number of H-pyrrole nitrogens is 1. The number of hydrogen-bond acceptors (Lipinski definition) is 2. The molecule has 2 N–H and O–H groups in total. The number of benzene rings is 2. The van der Waals surface area contributed by atoms with Gasteiger partial charge in [0.1, 0.15) is 0 Å². The van der Waals surface area contributed by atoms with E-state index < -0.39 is 0 Å². The van der Waals surface area contributed by atoms with Gasteiger partial charge in [-0.05, 0) is 29.3 Å². The highest BCUT2D eigenvalue weighted by molar-refractivity contribution is 5.88. The third-order valence-electron chi connectivity index (χ3n) is 4.25. The number of imidazole rings is 1. The van der Waals surface area contributed by atoms with E-state index in [0.29, 0.717) is 13.0 Å². The van der Waals surface area contributed by atoms with Crippen molar-refractivity contribution in [2.75, 3.05) is 0 Å². The van der Waals surface area contributed by atoms with Crippen LogP contribution < -0.4 is 5.32 Å². The standard InChI is InChI=1S/C20H18N4O/c25-20(11-16-13-22-19-4-2-1-3-18(16)19)23-12-15-5-7-17(8-6-15)24-10-9-21-14-24/h1-10,13-14,22H,11-12H2,(H,23,25). The molecule has 0 fully saturated rings. The lowest BCUT2D eigenvalue weighted by atomic mass is 10.1. The second kappa shape index (κ2) is 6.65. The molecular formula is C20H18N4O. The first kappa shape index (κ1) is 15.2. The molecule has 124 valence electrons. The van der Waals surface area contributed by atoms with Crippen molar-refractivity contribution < 1.29 is 4.79 Å². The van der Waals surface area contributed by atoms with Gasteiger partial charge in [-0.1, -0.05) is 30.3 Å². The number of nitrogens with one attached hydrogen (secondary N) is 2. The molecule has 25 heavy (non-hydrogen) atoms. The van der Waals surface area contributed by atoms with Crippen LogP contribution in [0.15, 0.2) is 73.4 Å². The Kier molecular flexibility index (Phi) is 4.04. The molecule has 1 amide bonds. The number of aromatic nitrogens is 3. The molecule has 0 bridgehead atoms. The quantitative estimate of drug-likeness (QED) is 0.590. The van der Waals surface area contributed by atoms with Crippen molar-refractivity contribution in [3.63, 3.8) is 0 Å². The summed E-state index contributed by atoms with van der Waals surface area (Å²) in [6.07, 6.45) is 7.69. The van der Waals surface area contributed by atoms with Crippen LogP contribution in [-0.4, -0.2) is 20.4 Å². The molecule has 0 radical (unpaired) electrons. The lowest BCUT2D eigenvalue weighted by Gasteiger charge is -2.07. The normalized spacial score (nSPS) is 10.9. The molecule has 0 unspecified atom stereocenters. The zero-order valence-corrected chi connectivity index (χ0v) is 13.6. The minimum absolute atomic E-state index is 0.0171. The topological polar surface area (TPSA) is 62.7 Å². The van der Waals surface area contributed by atoms with E-state index in [1.54, 1.807) is 12.5 Å². The van der Waals surface area contributed by atoms with Crippen LogP contribution in [0.25, 0.3) is 16.6 Å². The van der Waals surface area contributed by atoms with E-state index in [1.807, 2.05) is 65.5 Å². The first-order valence-electron chi connectivity index (χ1n) is 8.18. The Balaban J connectivity index is 1.37. The Bertz CT molecular complexity index is 984. The molecule has 0 spiro atoms. The van der Waals surface area contributed by atoms with E-state index in [9.17, 15) is 4.79 Å². The molecule has 0 aliphatic heterocycles. The van der Waals surface area contributed by atoms with Crippen molar-refractivity contribution in [3.8, 4) is 5.69 Å². The van der Waals surface area contributed by atoms with Gasteiger partial charge in [0.2, 0.25) is 5.91 Å². The van der Waals surface area contributed by atoms with Crippen molar-refractivity contribution >= 4 is 16.8 Å². The van der Waals surface area contributed by atoms with E-state index in [-0.39, 0.29) is 5.91 Å². The summed E-state index contributed by atoms with van der Waals surface area (Å²) in [7, 11) is 0. The molecular weight excluding hydrogens is 312 g/mol. The summed E-state index contributed by atoms with van der Waals surface area (Å²) in [4.78, 5) is 19.5. The molecule has 0 aliphatic carbocycles. The summed E-state index contributed by atoms with van der Waals surface area (Å²) in [5.41, 5.74) is 4.19. The highest BCUT2D eigenvalue weighted by Gasteiger charge is 2.08. The third-order valence-corrected chi connectivity index (χ3v) is 4.25. The molecule has 0 aliphatic rings. The van der Waals surface area contributed by atoms with E-state index in [2.05, 4.69) is 15.3 Å². The Labute approximate surface area is 145 Å². The maximum Gasteiger partial charge on any atom is 0.224 e. The van der Waals surface area contributed by atoms with E-state index >= 15 is 0 Å². The van der Waals surface area contributed by atoms with Gasteiger partial charge in [0, 0.05) is 41.7 Å². The van der Waals surface area contributed by atoms with Crippen LogP contribution in [0.2, 0.25) is 0 Å². The minimum atomic E-state index is 0.0171. The second-order valence-electron chi connectivity index (χ2n) is 5.95. The van der Waals surface area contributed by atoms with E-state index in [0.717, 1.165) is 27.7 Å². The zero-order chi connectivity index (χ0) is 17.1. The third kappa shape index (κ3) is 3.30. The molecule has 2 aromatic heterocycles. The van der Waals surface area contributed by atoms with E-state index in [1.165, 1.54) is 0 Å². The van der Waals surface area contributed by atoms with Gasteiger partial charge >= 0.3 is 0 Å². The number of aromatic amines is 1. The van der Waals surface area contributed by atoms with Crippen LogP contribution >= 0.6 is 0 Å². The molecule has 2 heterocycles. The fraction of sp³-hybridized carbons (Fsp3) is 0.100. The summed E-state index contributed by atoms with van der Waals surface area (Å²) in [6, 6.07) is 16.1. The number of hydrogen-bond donors (Lipinski definition) is 2. The number of rotatable bonds is 5. The molecule has 4 aromatic rings. The lowest BCUT2D eigenvalue weighted by molar-refractivity contribution is -0.120. The Morgan fingerprint density at radius 1 is 1.12 bits per heavy atom. The van der Waals surface area contributed by atoms with Gasteiger partial charge in [-0.25, -0.2) is 4.98 Å². The fourth-order valence-electron chi connectivity index (χ4n) is 2.91. The molecule has 5 heteroatoms. The van der Waals surface area contributed by atoms with Crippen molar-refractivity contribution in [3.05, 3.63) is 84.6 Å². The van der Waals surface area contributed by atoms with Gasteiger partial charge in [-0.15, -0.1) is 0 Å². The summed E-state index contributed by atoms with van der Waals surface area (Å²) < 4.78 is 1.94. The minimum Gasteiger partial charge on any atom is -0.361 e. The van der Waals surface area contributed by atoms with Crippen LogP contribution in [0, 0.1) is 0 Å². The van der Waals surface area contributed by atoms with Gasteiger partial charge < -0.3 is 14.9 Å². The van der Waals surface area contributed by atoms with Gasteiger partial charge in [-0.2, -0.15) is 0 Å². The number of nitrogens with zero attached hydrogens (tertiary/aromatic N) is 2. The van der Waals surface area contributed by atoms with Gasteiger partial charge in [0.15, 0.2) is 0 Å². The van der Waals surface area contributed by atoms with Gasteiger partial charge in [0.05, 0.1) is 12.7 Å². The van der Waals surface area contributed by atoms with Crippen molar-refractivity contribution in [2.24, 2.45) is 0 Å². The maximum absolute atomic E-state index is 12.2. The highest BCUT2D eigenvalue weighted by atomic mass is 16.1. The van der Waals surface area contributed by atoms with Crippen LogP contribution in [0.1, 0.15) is 11.1 Å². The molecule has 5 nitrogen and oxygen atoms in total. The average molecular weight is 330 g/mol. The SMILES string of the molecule is O=C(Cc1c[nH]c2ccccc12)NCc1ccc(-n2ccnc2)cc1. The Hall–Kier alpha value is -3.34. The number of para-hydroxylation sites is 1. The monoisotopic (exact) mass is 330 g/mol. The molecule has 0 saturated carbocycles. The van der Waals surface area contributed by atoms with Gasteiger partial charge in [-0.3, -0.25) is 4.79 Å². The zero-order valence-electron chi connectivity index (χ0n) is 13.6.